The Morgan fingerprint density at radius 3 is 1.33 bits per heavy atom. The van der Waals surface area contributed by atoms with Gasteiger partial charge in [-0.1, -0.05) is 91.0 Å². The van der Waals surface area contributed by atoms with Gasteiger partial charge in [-0.15, -0.1) is 0 Å². The minimum atomic E-state index is -0.794. The highest BCUT2D eigenvalue weighted by Gasteiger charge is 2.51. The molecule has 16 heteroatoms. The Bertz CT molecular complexity index is 3430. The third kappa shape index (κ3) is 13.6. The van der Waals surface area contributed by atoms with E-state index in [4.69, 9.17) is 33.2 Å². The number of rotatable bonds is 18. The molecule has 0 radical (unpaired) electrons. The lowest BCUT2D eigenvalue weighted by Gasteiger charge is -2.16. The summed E-state index contributed by atoms with van der Waals surface area (Å²) < 4.78 is 39.7. The van der Waals surface area contributed by atoms with Crippen LogP contribution >= 0.6 is 0 Å². The topological polar surface area (TPSA) is 211 Å². The average molecular weight is 1100 g/mol. The molecule has 2 aliphatic rings. The number of anilines is 2. The first kappa shape index (κ1) is 55.1. The van der Waals surface area contributed by atoms with Gasteiger partial charge in [0.2, 0.25) is 0 Å². The second kappa shape index (κ2) is 25.7. The number of nitrogens with one attached hydrogen (secondary N) is 2. The van der Waals surface area contributed by atoms with E-state index in [1.54, 1.807) is 72.8 Å². The van der Waals surface area contributed by atoms with Crippen molar-refractivity contribution >= 4 is 59.2 Å². The number of carbonyl (C=O) groups is 6. The van der Waals surface area contributed by atoms with Crippen LogP contribution in [0.25, 0.3) is 34.4 Å². The highest BCUT2D eigenvalue weighted by molar-refractivity contribution is 6.05. The molecule has 3 N–H and O–H groups in total. The molecule has 0 saturated carbocycles. The van der Waals surface area contributed by atoms with Crippen LogP contribution in [0.2, 0.25) is 0 Å². The van der Waals surface area contributed by atoms with Crippen LogP contribution in [0.1, 0.15) is 58.1 Å². The monoisotopic (exact) mass is 1100 g/mol. The molecule has 2 heterocycles. The number of hydrogen-bond acceptors (Lipinski definition) is 14. The molecule has 16 nitrogen and oxygen atoms in total. The Kier molecular flexibility index (Phi) is 17.2. The molecule has 2 fully saturated rings. The number of aliphatic hydroxyl groups is 1. The van der Waals surface area contributed by atoms with E-state index in [0.717, 1.165) is 22.3 Å². The second-order valence-electron chi connectivity index (χ2n) is 18.9. The number of amides is 2. The summed E-state index contributed by atoms with van der Waals surface area (Å²) in [5.41, 5.74) is 7.63. The van der Waals surface area contributed by atoms with Crippen molar-refractivity contribution in [1.82, 2.24) is 0 Å². The molecular formula is C66H52N2O14. The van der Waals surface area contributed by atoms with Crippen LogP contribution in [0.15, 0.2) is 206 Å². The van der Waals surface area contributed by atoms with Gasteiger partial charge in [-0.2, -0.15) is 0 Å². The maximum Gasteiger partial charge on any atom is 0.343 e. The van der Waals surface area contributed by atoms with Crippen molar-refractivity contribution in [2.45, 2.75) is 31.0 Å². The van der Waals surface area contributed by atoms with Gasteiger partial charge >= 0.3 is 23.9 Å². The predicted octanol–water partition coefficient (Wildman–Crippen LogP) is 10.8. The van der Waals surface area contributed by atoms with E-state index in [0.29, 0.717) is 56.1 Å². The van der Waals surface area contributed by atoms with Crippen LogP contribution in [-0.2, 0) is 35.1 Å². The Morgan fingerprint density at radius 1 is 0.488 bits per heavy atom. The molecule has 8 aromatic carbocycles. The van der Waals surface area contributed by atoms with Gasteiger partial charge in [0.05, 0.1) is 38.1 Å². The molecule has 0 aliphatic carbocycles. The van der Waals surface area contributed by atoms with Crippen molar-refractivity contribution in [1.29, 1.82) is 0 Å². The normalized spacial score (nSPS) is 16.2. The van der Waals surface area contributed by atoms with Gasteiger partial charge in [-0.05, 0) is 143 Å². The molecule has 0 spiro atoms. The molecule has 2 aliphatic heterocycles. The number of carbonyl (C=O) groups excluding carboxylic acids is 6. The summed E-state index contributed by atoms with van der Waals surface area (Å²) in [7, 11) is 1.45. The fourth-order valence-electron chi connectivity index (χ4n) is 9.18. The zero-order chi connectivity index (χ0) is 57.0. The molecule has 82 heavy (non-hydrogen) atoms. The van der Waals surface area contributed by atoms with E-state index in [-0.39, 0.29) is 24.7 Å². The van der Waals surface area contributed by atoms with Crippen LogP contribution in [-0.4, -0.2) is 85.5 Å². The Morgan fingerprint density at radius 2 is 0.890 bits per heavy atom. The van der Waals surface area contributed by atoms with Gasteiger partial charge in [0.1, 0.15) is 29.5 Å². The van der Waals surface area contributed by atoms with E-state index in [2.05, 4.69) is 10.6 Å². The third-order valence-corrected chi connectivity index (χ3v) is 13.5. The summed E-state index contributed by atoms with van der Waals surface area (Å²) >= 11 is 0. The van der Waals surface area contributed by atoms with Crippen LogP contribution in [0, 0.1) is 0 Å². The summed E-state index contributed by atoms with van der Waals surface area (Å²) in [6.45, 7) is -0.395. The minimum absolute atomic E-state index is 0.000702. The van der Waals surface area contributed by atoms with E-state index in [9.17, 15) is 33.9 Å². The molecule has 0 unspecified atom stereocenters. The first-order chi connectivity index (χ1) is 40.0. The highest BCUT2D eigenvalue weighted by Crippen LogP contribution is 2.32. The average Bonchev–Trinajstić information content (AvgIpc) is 4.34. The lowest BCUT2D eigenvalue weighted by molar-refractivity contribution is -0.149. The van der Waals surface area contributed by atoms with E-state index in [1.165, 1.54) is 67.8 Å². The van der Waals surface area contributed by atoms with Crippen molar-refractivity contribution in [2.24, 2.45) is 0 Å². The molecule has 410 valence electrons. The van der Waals surface area contributed by atoms with Gasteiger partial charge in [0, 0.05) is 46.3 Å². The van der Waals surface area contributed by atoms with Gasteiger partial charge in [0.15, 0.2) is 12.2 Å². The number of fused-ring (bicyclic) bond motifs is 1. The maximum atomic E-state index is 13.2. The number of methoxy groups -OCH3 is 1. The van der Waals surface area contributed by atoms with Crippen molar-refractivity contribution in [3.8, 4) is 39.5 Å². The van der Waals surface area contributed by atoms with E-state index < -0.39 is 66.7 Å². The van der Waals surface area contributed by atoms with Crippen LogP contribution < -0.4 is 24.8 Å². The summed E-state index contributed by atoms with van der Waals surface area (Å²) in [6.07, 6.45) is 2.44. The van der Waals surface area contributed by atoms with E-state index >= 15 is 0 Å². The van der Waals surface area contributed by atoms with Crippen LogP contribution in [0.3, 0.4) is 0 Å². The second-order valence-corrected chi connectivity index (χ2v) is 18.9. The van der Waals surface area contributed by atoms with Gasteiger partial charge in [-0.3, -0.25) is 9.59 Å². The third-order valence-electron chi connectivity index (χ3n) is 13.5. The fourth-order valence-corrected chi connectivity index (χ4v) is 9.18. The molecule has 8 aromatic rings. The molecule has 0 aromatic heterocycles. The largest absolute Gasteiger partial charge is 0.496 e. The number of aliphatic hydroxyl groups excluding tert-OH is 1. The number of hydrogen-bond donors (Lipinski definition) is 3. The van der Waals surface area contributed by atoms with Gasteiger partial charge in [-0.25, -0.2) is 19.2 Å². The summed E-state index contributed by atoms with van der Waals surface area (Å²) in [5, 5.41) is 15.8. The lowest BCUT2D eigenvalue weighted by atomic mass is 10.0. The summed E-state index contributed by atoms with van der Waals surface area (Å²) in [4.78, 5) is 78.0. The maximum absolute atomic E-state index is 13.2. The standard InChI is InChI=1S/C66H52N2O14/c1-76-56-37-53(68-64(73)48-24-32-55(33-25-48)80-66(75)50-18-14-44(15-19-50)42-10-6-3-7-11-42)29-21-46(56)27-35-60(71)82-58-40-78-61-57(39-77-62(58)61)81-59(70)34-26-45-20-28-52(36-51(45)38-69)67-63(72)47-22-30-54(31-23-47)79-65(74)49-16-12-43(13-17-49)41-8-4-2-5-9-41/h2-37,57-58,61-62,69H,38-40H2,1H3,(H,67,72)(H,68,73)/b34-26+,35-27+/t57-,58+,61-,62-/m1/s1. The highest BCUT2D eigenvalue weighted by atomic mass is 16.7. The van der Waals surface area contributed by atoms with Gasteiger partial charge in [0.25, 0.3) is 11.8 Å². The number of benzene rings is 8. The SMILES string of the molecule is COc1cc(NC(=O)c2ccc(OC(=O)c3ccc(-c4ccccc4)cc3)cc2)ccc1/C=C/C(=O)O[C@H]1CO[C@H]2[C@@H]1OC[C@H]2OC(=O)/C=C/c1ccc(NC(=O)c2ccc(OC(=O)c3ccc(-c4ccccc4)cc3)cc2)cc1CO. The Labute approximate surface area is 471 Å². The van der Waals surface area contributed by atoms with Crippen molar-refractivity contribution in [2.75, 3.05) is 31.0 Å². The zero-order valence-electron chi connectivity index (χ0n) is 44.0. The Balaban J connectivity index is 0.655. The molecule has 2 amide bonds. The molecule has 2 saturated heterocycles. The molecule has 0 bridgehead atoms. The van der Waals surface area contributed by atoms with Crippen molar-refractivity contribution in [3.63, 3.8) is 0 Å². The van der Waals surface area contributed by atoms with E-state index in [1.807, 2.05) is 84.9 Å². The summed E-state index contributed by atoms with van der Waals surface area (Å²) in [6, 6.07) is 55.8. The fraction of sp³-hybridized carbons (Fsp3) is 0.121. The number of esters is 4. The molecular weight excluding hydrogens is 1040 g/mol. The molecule has 10 rings (SSSR count). The first-order valence-corrected chi connectivity index (χ1v) is 26.0. The quantitative estimate of drug-likeness (QED) is 0.0415. The molecule has 4 atom stereocenters. The Hall–Kier alpha value is -10.3. The first-order valence-electron chi connectivity index (χ1n) is 26.0. The van der Waals surface area contributed by atoms with Crippen LogP contribution in [0.5, 0.6) is 17.2 Å². The minimum Gasteiger partial charge on any atom is -0.496 e. The zero-order valence-corrected chi connectivity index (χ0v) is 44.0. The van der Waals surface area contributed by atoms with Crippen molar-refractivity contribution < 1.29 is 67.0 Å². The lowest BCUT2D eigenvalue weighted by Crippen LogP contribution is -2.35. The number of ether oxygens (including phenoxy) is 7. The summed E-state index contributed by atoms with van der Waals surface area (Å²) in [5.74, 6) is -2.42. The van der Waals surface area contributed by atoms with Crippen molar-refractivity contribution in [3.05, 3.63) is 245 Å². The predicted molar refractivity (Wildman–Crippen MR) is 305 cm³/mol. The van der Waals surface area contributed by atoms with Gasteiger partial charge < -0.3 is 48.9 Å². The van der Waals surface area contributed by atoms with Crippen LogP contribution in [0.4, 0.5) is 11.4 Å². The smallest absolute Gasteiger partial charge is 0.343 e.